The zero-order chi connectivity index (χ0) is 14.1. The summed E-state index contributed by atoms with van der Waals surface area (Å²) in [6.45, 7) is 5.04. The summed E-state index contributed by atoms with van der Waals surface area (Å²) < 4.78 is 1.78. The Labute approximate surface area is 120 Å². The molecule has 2 unspecified atom stereocenters. The SMILES string of the molecule is Cc1c(C(=O)N2CCCC2C2CCCNC2)cnn1C. The molecule has 1 N–H and O–H groups in total. The lowest BCUT2D eigenvalue weighted by molar-refractivity contribution is 0.0670. The van der Waals surface area contributed by atoms with Gasteiger partial charge in [-0.2, -0.15) is 5.10 Å². The molecule has 0 radical (unpaired) electrons. The number of amides is 1. The standard InChI is InChI=1S/C15H24N4O/c1-11-13(10-17-18(11)2)15(20)19-8-4-6-14(19)12-5-3-7-16-9-12/h10,12,14,16H,3-9H2,1-2H3. The van der Waals surface area contributed by atoms with Crippen molar-refractivity contribution in [3.63, 3.8) is 0 Å². The second-order valence-electron chi connectivity index (χ2n) is 6.08. The van der Waals surface area contributed by atoms with Gasteiger partial charge in [-0.3, -0.25) is 9.48 Å². The summed E-state index contributed by atoms with van der Waals surface area (Å²) >= 11 is 0. The molecule has 0 aliphatic carbocycles. The fourth-order valence-electron chi connectivity index (χ4n) is 3.61. The molecule has 0 aromatic carbocycles. The van der Waals surface area contributed by atoms with Crippen LogP contribution in [0.25, 0.3) is 0 Å². The highest BCUT2D eigenvalue weighted by Crippen LogP contribution is 2.29. The van der Waals surface area contributed by atoms with Gasteiger partial charge in [0.2, 0.25) is 0 Å². The second kappa shape index (κ2) is 5.56. The van der Waals surface area contributed by atoms with Gasteiger partial charge in [0.1, 0.15) is 0 Å². The monoisotopic (exact) mass is 276 g/mol. The minimum atomic E-state index is 0.170. The molecule has 1 amide bonds. The number of carbonyl (C=O) groups is 1. The first-order chi connectivity index (χ1) is 9.68. The van der Waals surface area contributed by atoms with Gasteiger partial charge in [0.05, 0.1) is 11.8 Å². The summed E-state index contributed by atoms with van der Waals surface area (Å²) in [6, 6.07) is 0.412. The van der Waals surface area contributed by atoms with E-state index in [1.54, 1.807) is 10.9 Å². The molecule has 3 heterocycles. The molecule has 1 aromatic rings. The van der Waals surface area contributed by atoms with Gasteiger partial charge < -0.3 is 10.2 Å². The van der Waals surface area contributed by atoms with Crippen LogP contribution < -0.4 is 5.32 Å². The second-order valence-corrected chi connectivity index (χ2v) is 6.08. The first-order valence-corrected chi connectivity index (χ1v) is 7.69. The van der Waals surface area contributed by atoms with E-state index >= 15 is 0 Å². The maximum absolute atomic E-state index is 12.8. The normalized spacial score (nSPS) is 27.0. The number of nitrogens with zero attached hydrogens (tertiary/aromatic N) is 3. The van der Waals surface area contributed by atoms with Crippen molar-refractivity contribution >= 4 is 5.91 Å². The van der Waals surface area contributed by atoms with Gasteiger partial charge in [-0.05, 0) is 51.6 Å². The number of likely N-dealkylation sites (tertiary alicyclic amines) is 1. The van der Waals surface area contributed by atoms with Crippen LogP contribution in [0.4, 0.5) is 0 Å². The van der Waals surface area contributed by atoms with Gasteiger partial charge in [0, 0.05) is 25.3 Å². The third-order valence-electron chi connectivity index (χ3n) is 4.90. The Bertz CT molecular complexity index is 490. The molecule has 1 aromatic heterocycles. The van der Waals surface area contributed by atoms with Gasteiger partial charge in [0.15, 0.2) is 0 Å². The third kappa shape index (κ3) is 2.35. The number of hydrogen-bond donors (Lipinski definition) is 1. The Morgan fingerprint density at radius 2 is 2.25 bits per heavy atom. The van der Waals surface area contributed by atoms with Gasteiger partial charge in [-0.1, -0.05) is 0 Å². The van der Waals surface area contributed by atoms with Crippen molar-refractivity contribution in [2.45, 2.75) is 38.6 Å². The van der Waals surface area contributed by atoms with Crippen molar-refractivity contribution in [1.82, 2.24) is 20.0 Å². The fourth-order valence-corrected chi connectivity index (χ4v) is 3.61. The van der Waals surface area contributed by atoms with Crippen molar-refractivity contribution in [1.29, 1.82) is 0 Å². The third-order valence-corrected chi connectivity index (χ3v) is 4.90. The van der Waals surface area contributed by atoms with Crippen LogP contribution in [0.3, 0.4) is 0 Å². The smallest absolute Gasteiger partial charge is 0.257 e. The zero-order valence-electron chi connectivity index (χ0n) is 12.4. The van der Waals surface area contributed by atoms with Gasteiger partial charge in [-0.25, -0.2) is 0 Å². The van der Waals surface area contributed by atoms with Crippen molar-refractivity contribution in [2.75, 3.05) is 19.6 Å². The average Bonchev–Trinajstić information content (AvgIpc) is 3.08. The lowest BCUT2D eigenvalue weighted by Crippen LogP contribution is -2.45. The van der Waals surface area contributed by atoms with Crippen LogP contribution in [-0.4, -0.2) is 46.3 Å². The van der Waals surface area contributed by atoms with Gasteiger partial charge >= 0.3 is 0 Å². The van der Waals surface area contributed by atoms with Crippen molar-refractivity contribution in [3.05, 3.63) is 17.5 Å². The molecule has 20 heavy (non-hydrogen) atoms. The zero-order valence-corrected chi connectivity index (χ0v) is 12.4. The summed E-state index contributed by atoms with van der Waals surface area (Å²) in [7, 11) is 1.89. The Balaban J connectivity index is 1.77. The number of nitrogens with one attached hydrogen (secondary N) is 1. The Hall–Kier alpha value is -1.36. The van der Waals surface area contributed by atoms with Gasteiger partial charge in [-0.15, -0.1) is 0 Å². The Morgan fingerprint density at radius 1 is 1.40 bits per heavy atom. The molecular formula is C15H24N4O. The molecule has 5 heteroatoms. The summed E-state index contributed by atoms with van der Waals surface area (Å²) in [4.78, 5) is 14.9. The number of piperidine rings is 1. The molecule has 2 saturated heterocycles. The van der Waals surface area contributed by atoms with E-state index in [9.17, 15) is 4.79 Å². The van der Waals surface area contributed by atoms with Crippen molar-refractivity contribution < 1.29 is 4.79 Å². The maximum Gasteiger partial charge on any atom is 0.257 e. The summed E-state index contributed by atoms with van der Waals surface area (Å²) in [6.07, 6.45) is 6.47. The predicted molar refractivity (Wildman–Crippen MR) is 77.6 cm³/mol. The molecule has 2 aliphatic heterocycles. The van der Waals surface area contributed by atoms with Crippen LogP contribution in [0.5, 0.6) is 0 Å². The van der Waals surface area contributed by atoms with E-state index in [2.05, 4.69) is 15.3 Å². The molecule has 0 saturated carbocycles. The van der Waals surface area contributed by atoms with E-state index in [0.29, 0.717) is 12.0 Å². The molecule has 2 atom stereocenters. The van der Waals surface area contributed by atoms with E-state index in [0.717, 1.165) is 43.7 Å². The van der Waals surface area contributed by atoms with Crippen LogP contribution in [0, 0.1) is 12.8 Å². The Kier molecular flexibility index (Phi) is 3.78. The largest absolute Gasteiger partial charge is 0.335 e. The quantitative estimate of drug-likeness (QED) is 0.886. The lowest BCUT2D eigenvalue weighted by Gasteiger charge is -2.34. The topological polar surface area (TPSA) is 50.2 Å². The van der Waals surface area contributed by atoms with E-state index < -0.39 is 0 Å². The van der Waals surface area contributed by atoms with Crippen LogP contribution in [0.1, 0.15) is 41.7 Å². The van der Waals surface area contributed by atoms with Crippen LogP contribution in [0.2, 0.25) is 0 Å². The molecular weight excluding hydrogens is 252 g/mol. The Morgan fingerprint density at radius 3 is 2.90 bits per heavy atom. The number of aryl methyl sites for hydroxylation is 1. The molecule has 110 valence electrons. The van der Waals surface area contributed by atoms with E-state index in [-0.39, 0.29) is 5.91 Å². The van der Waals surface area contributed by atoms with Crippen molar-refractivity contribution in [2.24, 2.45) is 13.0 Å². The molecule has 0 bridgehead atoms. The van der Waals surface area contributed by atoms with Gasteiger partial charge in [0.25, 0.3) is 5.91 Å². The molecule has 2 fully saturated rings. The molecule has 0 spiro atoms. The lowest BCUT2D eigenvalue weighted by atomic mass is 9.90. The highest BCUT2D eigenvalue weighted by Gasteiger charge is 2.36. The maximum atomic E-state index is 12.8. The average molecular weight is 276 g/mol. The molecule has 2 aliphatic rings. The highest BCUT2D eigenvalue weighted by atomic mass is 16.2. The first kappa shape index (κ1) is 13.6. The minimum absolute atomic E-state index is 0.170. The van der Waals surface area contributed by atoms with E-state index in [1.807, 2.05) is 14.0 Å². The van der Waals surface area contributed by atoms with E-state index in [1.165, 1.54) is 12.8 Å². The summed E-state index contributed by atoms with van der Waals surface area (Å²) in [5, 5.41) is 7.68. The van der Waals surface area contributed by atoms with Crippen LogP contribution in [-0.2, 0) is 7.05 Å². The number of aromatic nitrogens is 2. The van der Waals surface area contributed by atoms with Crippen LogP contribution in [0.15, 0.2) is 6.20 Å². The fraction of sp³-hybridized carbons (Fsp3) is 0.733. The summed E-state index contributed by atoms with van der Waals surface area (Å²) in [5.74, 6) is 0.788. The van der Waals surface area contributed by atoms with Crippen molar-refractivity contribution in [3.8, 4) is 0 Å². The highest BCUT2D eigenvalue weighted by molar-refractivity contribution is 5.95. The number of carbonyl (C=O) groups excluding carboxylic acids is 1. The summed E-state index contributed by atoms with van der Waals surface area (Å²) in [5.41, 5.74) is 1.73. The van der Waals surface area contributed by atoms with E-state index in [4.69, 9.17) is 0 Å². The number of hydrogen-bond acceptors (Lipinski definition) is 3. The number of rotatable bonds is 2. The first-order valence-electron chi connectivity index (χ1n) is 7.69. The molecule has 5 nitrogen and oxygen atoms in total. The predicted octanol–water partition coefficient (Wildman–Crippen LogP) is 1.33. The minimum Gasteiger partial charge on any atom is -0.335 e. The molecule has 3 rings (SSSR count). The van der Waals surface area contributed by atoms with Crippen LogP contribution >= 0.6 is 0 Å².